The molecular weight excluding hydrogens is 697 g/mol. The first-order valence-electron chi connectivity index (χ1n) is 25.0. The summed E-state index contributed by atoms with van der Waals surface area (Å²) in [7, 11) is 0. The molecule has 0 amide bonds. The molecule has 0 atom stereocenters. The Morgan fingerprint density at radius 1 is 0.556 bits per heavy atom. The minimum absolute atomic E-state index is 0.0960. The Kier molecular flexibility index (Phi) is 3.78. The molecule has 1 aliphatic rings. The molecule has 6 heteroatoms. The number of aromatic nitrogens is 4. The van der Waals surface area contributed by atoms with Crippen LogP contribution >= 0.6 is 22.7 Å². The second kappa shape index (κ2) is 10.9. The van der Waals surface area contributed by atoms with Gasteiger partial charge in [0.25, 0.3) is 0 Å². The number of fused-ring (bicyclic) bond motifs is 13. The molecule has 254 valence electrons. The van der Waals surface area contributed by atoms with E-state index in [9.17, 15) is 5.48 Å². The van der Waals surface area contributed by atoms with Gasteiger partial charge in [0.15, 0.2) is 11.6 Å². The van der Waals surface area contributed by atoms with Crippen LogP contribution in [0, 0.1) is 0 Å². The Labute approximate surface area is 341 Å². The van der Waals surface area contributed by atoms with E-state index in [1.165, 1.54) is 0 Å². The van der Waals surface area contributed by atoms with Crippen molar-refractivity contribution in [2.75, 3.05) is 0 Å². The molecule has 0 fully saturated rings. The van der Waals surface area contributed by atoms with Crippen molar-refractivity contribution in [2.24, 2.45) is 0 Å². The number of rotatable bonds is 3. The number of nitrogens with zero attached hydrogens (tertiary/aromatic N) is 4. The summed E-state index contributed by atoms with van der Waals surface area (Å²) in [6, 6.07) is 18.9. The molecule has 54 heavy (non-hydrogen) atoms. The van der Waals surface area contributed by atoms with Crippen LogP contribution in [0.3, 0.4) is 0 Å². The average Bonchev–Trinajstić information content (AvgIpc) is 4.09. The van der Waals surface area contributed by atoms with Crippen molar-refractivity contribution < 1.29 is 21.9 Å². The molecule has 4 heterocycles. The number of para-hydroxylation sites is 1. The summed E-state index contributed by atoms with van der Waals surface area (Å²) in [4.78, 5) is 15.1. The molecule has 0 aliphatic heterocycles. The van der Waals surface area contributed by atoms with Crippen molar-refractivity contribution in [1.29, 1.82) is 0 Å². The summed E-state index contributed by atoms with van der Waals surface area (Å²) in [6.45, 7) is -7.36. The van der Waals surface area contributed by atoms with Crippen LogP contribution in [0.5, 0.6) is 0 Å². The van der Waals surface area contributed by atoms with E-state index in [4.69, 9.17) is 31.4 Å². The van der Waals surface area contributed by atoms with Crippen molar-refractivity contribution in [3.63, 3.8) is 0 Å². The van der Waals surface area contributed by atoms with Gasteiger partial charge in [-0.15, -0.1) is 22.7 Å². The van der Waals surface area contributed by atoms with Gasteiger partial charge >= 0.3 is 0 Å². The zero-order chi connectivity index (χ0) is 49.4. The van der Waals surface area contributed by atoms with Crippen molar-refractivity contribution in [3.8, 4) is 39.9 Å². The summed E-state index contributed by atoms with van der Waals surface area (Å²) < 4.78 is 152. The molecule has 0 unspecified atom stereocenters. The van der Waals surface area contributed by atoms with Crippen LogP contribution in [0.15, 0.2) is 145 Å². The Morgan fingerprint density at radius 2 is 1.30 bits per heavy atom. The fraction of sp³-hybridized carbons (Fsp3) is 0.0625. The van der Waals surface area contributed by atoms with Crippen molar-refractivity contribution in [1.82, 2.24) is 19.5 Å². The number of hydrogen-bond acceptors (Lipinski definition) is 5. The van der Waals surface area contributed by atoms with Gasteiger partial charge in [-0.25, -0.2) is 4.98 Å². The van der Waals surface area contributed by atoms with Gasteiger partial charge in [-0.2, -0.15) is 9.97 Å². The van der Waals surface area contributed by atoms with Crippen LogP contribution in [-0.2, 0) is 5.41 Å². The molecule has 4 aromatic heterocycles. The van der Waals surface area contributed by atoms with Gasteiger partial charge in [-0.1, -0.05) is 111 Å². The molecule has 0 N–H and O–H groups in total. The van der Waals surface area contributed by atoms with E-state index in [0.717, 1.165) is 44.9 Å². The molecule has 1 aliphatic carbocycles. The SMILES string of the molecule is [2H]c1c([2H])c([2H])c2c(c1[2H])-c1c([2H])c([2H])c3c(c1C2(C([2H])([2H])[2H])C([2H])([2H])[2H])c1c([2H])c([2H])c([2H])c([2H])c1n3-c1nc(-c2ccc3sc4ccccc4c3c2)nc(-c2cccc3sc4ccccc4c23)n1. The summed E-state index contributed by atoms with van der Waals surface area (Å²) in [5.74, 6) is -0.119. The van der Waals surface area contributed by atoms with Crippen LogP contribution < -0.4 is 0 Å². The highest BCUT2D eigenvalue weighted by molar-refractivity contribution is 7.26. The minimum Gasteiger partial charge on any atom is -0.278 e. The summed E-state index contributed by atoms with van der Waals surface area (Å²) in [5, 5.41) is 2.67. The molecule has 4 nitrogen and oxygen atoms in total. The lowest BCUT2D eigenvalue weighted by Crippen LogP contribution is -2.15. The lowest BCUT2D eigenvalue weighted by atomic mass is 9.80. The van der Waals surface area contributed by atoms with Gasteiger partial charge in [0.1, 0.15) is 0 Å². The Bertz CT molecular complexity index is 4180. The first-order valence-corrected chi connectivity index (χ1v) is 18.6. The summed E-state index contributed by atoms with van der Waals surface area (Å²) >= 11 is 3.16. The molecule has 12 rings (SSSR count). The van der Waals surface area contributed by atoms with Gasteiger partial charge in [0, 0.05) is 75.9 Å². The van der Waals surface area contributed by atoms with Gasteiger partial charge < -0.3 is 0 Å². The zero-order valence-electron chi connectivity index (χ0n) is 43.7. The molecule has 0 spiro atoms. The van der Waals surface area contributed by atoms with E-state index < -0.39 is 118 Å². The number of benzene rings is 7. The minimum atomic E-state index is -3.68. The standard InChI is InChI=1S/C48H30N4S2/c1-48(2)35-17-7-3-12-28(35)30-23-24-37-43(44(30)48)31-14-4-8-18-36(31)52(37)47-50-45(27-22-25-40-34(26-27)29-13-5-9-19-38(29)53-40)49-46(51-47)33-16-11-21-41-42(33)32-15-6-10-20-39(32)54-41/h3-26H,1-2H3/i1D3,2D3,3D,4D,7D,8D,12D,14D,17D,18D,23D,24D. The van der Waals surface area contributed by atoms with Gasteiger partial charge in [-0.05, 0) is 70.7 Å². The molecule has 0 bridgehead atoms. The van der Waals surface area contributed by atoms with Crippen LogP contribution in [0.1, 0.15) is 46.8 Å². The molecule has 0 radical (unpaired) electrons. The normalized spacial score (nSPS) is 18.2. The first kappa shape index (κ1) is 18.7. The Morgan fingerprint density at radius 3 is 2.20 bits per heavy atom. The quantitative estimate of drug-likeness (QED) is 0.181. The molecule has 7 aromatic carbocycles. The highest BCUT2D eigenvalue weighted by Crippen LogP contribution is 2.53. The van der Waals surface area contributed by atoms with Crippen LogP contribution in [0.2, 0.25) is 0 Å². The number of thiophene rings is 2. The maximum atomic E-state index is 9.83. The van der Waals surface area contributed by atoms with E-state index in [1.807, 2.05) is 84.9 Å². The highest BCUT2D eigenvalue weighted by Gasteiger charge is 2.38. The van der Waals surface area contributed by atoms with Crippen molar-refractivity contribution in [3.05, 3.63) is 156 Å². The lowest BCUT2D eigenvalue weighted by Gasteiger charge is -2.22. The summed E-state index contributed by atoms with van der Waals surface area (Å²) in [6.07, 6.45) is 0. The van der Waals surface area contributed by atoms with Crippen LogP contribution in [0.4, 0.5) is 0 Å². The number of hydrogen-bond donors (Lipinski definition) is 0. The molecular formula is C48H30N4S2. The average molecular weight is 743 g/mol. The zero-order valence-corrected chi connectivity index (χ0v) is 29.3. The molecule has 0 saturated carbocycles. The van der Waals surface area contributed by atoms with E-state index in [0.29, 0.717) is 11.1 Å². The Hall–Kier alpha value is -6.21. The van der Waals surface area contributed by atoms with E-state index in [1.54, 1.807) is 22.7 Å². The largest absolute Gasteiger partial charge is 0.278 e. The first-order chi connectivity index (χ1) is 33.2. The van der Waals surface area contributed by atoms with Gasteiger partial charge in [0.2, 0.25) is 5.95 Å². The maximum Gasteiger partial charge on any atom is 0.238 e. The van der Waals surface area contributed by atoms with Gasteiger partial charge in [0.05, 0.1) is 24.7 Å². The molecule has 11 aromatic rings. The van der Waals surface area contributed by atoms with Crippen molar-refractivity contribution in [2.45, 2.75) is 19.1 Å². The fourth-order valence-corrected chi connectivity index (χ4v) is 10.1. The predicted octanol–water partition coefficient (Wildman–Crippen LogP) is 13.3. The monoisotopic (exact) mass is 742 g/mol. The molecule has 0 saturated heterocycles. The third-order valence-corrected chi connectivity index (χ3v) is 12.5. The second-order valence-electron chi connectivity index (χ2n) is 13.2. The van der Waals surface area contributed by atoms with Crippen molar-refractivity contribution >= 4 is 84.8 Å². The lowest BCUT2D eigenvalue weighted by molar-refractivity contribution is 0.666. The van der Waals surface area contributed by atoms with E-state index in [-0.39, 0.29) is 23.1 Å². The van der Waals surface area contributed by atoms with Crippen LogP contribution in [0.25, 0.3) is 102 Å². The summed E-state index contributed by atoms with van der Waals surface area (Å²) in [5.41, 5.74) is -5.86. The third-order valence-electron chi connectivity index (χ3n) is 10.2. The Balaban J connectivity index is 1.30. The van der Waals surface area contributed by atoms with Crippen LogP contribution in [-0.4, -0.2) is 19.5 Å². The van der Waals surface area contributed by atoms with Gasteiger partial charge in [-0.3, -0.25) is 4.57 Å². The fourth-order valence-electron chi connectivity index (χ4n) is 7.88. The highest BCUT2D eigenvalue weighted by atomic mass is 32.1. The smallest absolute Gasteiger partial charge is 0.238 e. The topological polar surface area (TPSA) is 43.6 Å². The predicted molar refractivity (Wildman–Crippen MR) is 228 cm³/mol. The maximum absolute atomic E-state index is 9.83. The van der Waals surface area contributed by atoms with E-state index in [2.05, 4.69) is 0 Å². The second-order valence-corrected chi connectivity index (χ2v) is 15.3. The van der Waals surface area contributed by atoms with E-state index >= 15 is 0 Å². The third kappa shape index (κ3) is 4.09.